The summed E-state index contributed by atoms with van der Waals surface area (Å²) < 4.78 is 6.51. The van der Waals surface area contributed by atoms with E-state index in [4.69, 9.17) is 4.74 Å². The Bertz CT molecular complexity index is 602. The Hall–Kier alpha value is -2.17. The van der Waals surface area contributed by atoms with Gasteiger partial charge in [-0.1, -0.05) is 13.0 Å². The van der Waals surface area contributed by atoms with Gasteiger partial charge in [-0.25, -0.2) is 9.78 Å². The summed E-state index contributed by atoms with van der Waals surface area (Å²) in [5.74, 6) is 0.365. The first-order chi connectivity index (χ1) is 8.72. The van der Waals surface area contributed by atoms with Crippen LogP contribution in [0.3, 0.4) is 0 Å². The molecule has 0 atom stereocenters. The predicted octanol–water partition coefficient (Wildman–Crippen LogP) is 1.58. The minimum absolute atomic E-state index is 0.188. The van der Waals surface area contributed by atoms with Crippen molar-refractivity contribution >= 4 is 23.3 Å². The number of methoxy groups -OCH3 is 1. The zero-order valence-electron chi connectivity index (χ0n) is 10.3. The highest BCUT2D eigenvalue weighted by molar-refractivity contribution is 6.02. The van der Waals surface area contributed by atoms with Gasteiger partial charge in [0.2, 0.25) is 0 Å². The predicted molar refractivity (Wildman–Crippen MR) is 66.5 cm³/mol. The molecule has 0 amide bonds. The van der Waals surface area contributed by atoms with E-state index >= 15 is 0 Å². The number of fused-ring (bicyclic) bond motifs is 1. The topological polar surface area (TPSA) is 61.2 Å². The highest BCUT2D eigenvalue weighted by atomic mass is 16.5. The van der Waals surface area contributed by atoms with Gasteiger partial charge in [0.1, 0.15) is 12.1 Å². The normalized spacial score (nSPS) is 10.6. The number of aromatic nitrogens is 2. The first kappa shape index (κ1) is 12.3. The lowest BCUT2D eigenvalue weighted by atomic mass is 10.2. The van der Waals surface area contributed by atoms with Crippen LogP contribution in [0, 0.1) is 0 Å². The van der Waals surface area contributed by atoms with Gasteiger partial charge in [-0.15, -0.1) is 0 Å². The molecular weight excluding hydrogens is 232 g/mol. The molecule has 94 valence electrons. The summed E-state index contributed by atoms with van der Waals surface area (Å²) in [4.78, 5) is 26.9. The third-order valence-electron chi connectivity index (χ3n) is 2.82. The number of hydrogen-bond acceptors (Lipinski definition) is 4. The SMILES string of the molecule is CCc1nc2cccc(C(=O)OC)c2n1CC=O. The van der Waals surface area contributed by atoms with Crippen molar-refractivity contribution in [1.82, 2.24) is 9.55 Å². The monoisotopic (exact) mass is 246 g/mol. The molecule has 0 aliphatic rings. The van der Waals surface area contributed by atoms with Crippen LogP contribution in [0.2, 0.25) is 0 Å². The van der Waals surface area contributed by atoms with E-state index in [2.05, 4.69) is 4.98 Å². The van der Waals surface area contributed by atoms with Crippen LogP contribution >= 0.6 is 0 Å². The fraction of sp³-hybridized carbons (Fsp3) is 0.308. The van der Waals surface area contributed by atoms with Gasteiger partial charge in [-0.05, 0) is 12.1 Å². The molecule has 1 aromatic carbocycles. The van der Waals surface area contributed by atoms with E-state index in [9.17, 15) is 9.59 Å². The number of imidazole rings is 1. The third-order valence-corrected chi connectivity index (χ3v) is 2.82. The lowest BCUT2D eigenvalue weighted by Gasteiger charge is -2.06. The number of carbonyl (C=O) groups excluding carboxylic acids is 2. The van der Waals surface area contributed by atoms with Gasteiger partial charge in [-0.2, -0.15) is 0 Å². The number of nitrogens with zero attached hydrogens (tertiary/aromatic N) is 2. The maximum atomic E-state index is 11.7. The van der Waals surface area contributed by atoms with Crippen LogP contribution in [0.15, 0.2) is 18.2 Å². The summed E-state index contributed by atoms with van der Waals surface area (Å²) in [5, 5.41) is 0. The maximum Gasteiger partial charge on any atom is 0.340 e. The van der Waals surface area contributed by atoms with Gasteiger partial charge in [0.15, 0.2) is 0 Å². The molecule has 0 aliphatic heterocycles. The molecule has 2 rings (SSSR count). The van der Waals surface area contributed by atoms with E-state index < -0.39 is 5.97 Å². The van der Waals surface area contributed by atoms with Crippen molar-refractivity contribution in [2.24, 2.45) is 0 Å². The number of esters is 1. The van der Waals surface area contributed by atoms with Gasteiger partial charge in [-0.3, -0.25) is 0 Å². The molecule has 0 N–H and O–H groups in total. The van der Waals surface area contributed by atoms with Gasteiger partial charge in [0.25, 0.3) is 0 Å². The Morgan fingerprint density at radius 2 is 2.28 bits per heavy atom. The quantitative estimate of drug-likeness (QED) is 0.607. The van der Waals surface area contributed by atoms with E-state index in [0.717, 1.165) is 12.1 Å². The Morgan fingerprint density at radius 3 is 2.89 bits per heavy atom. The van der Waals surface area contributed by atoms with E-state index in [1.807, 2.05) is 13.0 Å². The average molecular weight is 246 g/mol. The van der Waals surface area contributed by atoms with Crippen LogP contribution in [0.25, 0.3) is 11.0 Å². The number of hydrogen-bond donors (Lipinski definition) is 0. The van der Waals surface area contributed by atoms with Crippen LogP contribution < -0.4 is 0 Å². The molecule has 0 bridgehead atoms. The number of aldehydes is 1. The molecule has 5 heteroatoms. The maximum absolute atomic E-state index is 11.7. The Kier molecular flexibility index (Phi) is 3.41. The standard InChI is InChI=1S/C13H14N2O3/c1-3-11-14-10-6-4-5-9(13(17)18-2)12(10)15(11)7-8-16/h4-6,8H,3,7H2,1-2H3. The highest BCUT2D eigenvalue weighted by Crippen LogP contribution is 2.21. The fourth-order valence-corrected chi connectivity index (χ4v) is 2.05. The minimum Gasteiger partial charge on any atom is -0.465 e. The van der Waals surface area contributed by atoms with Crippen LogP contribution in [0.4, 0.5) is 0 Å². The molecule has 0 fully saturated rings. The zero-order valence-corrected chi connectivity index (χ0v) is 10.3. The van der Waals surface area contributed by atoms with Crippen LogP contribution in [0.5, 0.6) is 0 Å². The second-order valence-corrected chi connectivity index (χ2v) is 3.82. The van der Waals surface area contributed by atoms with Crippen LogP contribution in [0.1, 0.15) is 23.1 Å². The van der Waals surface area contributed by atoms with Crippen LogP contribution in [-0.4, -0.2) is 28.9 Å². The van der Waals surface area contributed by atoms with Gasteiger partial charge >= 0.3 is 5.97 Å². The summed E-state index contributed by atoms with van der Waals surface area (Å²) in [5.41, 5.74) is 1.80. The first-order valence-corrected chi connectivity index (χ1v) is 5.73. The van der Waals surface area contributed by atoms with Gasteiger partial charge < -0.3 is 14.1 Å². The average Bonchev–Trinajstić information content (AvgIpc) is 2.76. The van der Waals surface area contributed by atoms with E-state index in [1.54, 1.807) is 16.7 Å². The summed E-state index contributed by atoms with van der Waals surface area (Å²) in [6.07, 6.45) is 1.50. The van der Waals surface area contributed by atoms with Crippen molar-refractivity contribution in [3.8, 4) is 0 Å². The number of para-hydroxylation sites is 1. The number of carbonyl (C=O) groups is 2. The first-order valence-electron chi connectivity index (χ1n) is 5.73. The zero-order chi connectivity index (χ0) is 13.1. The molecule has 0 aliphatic carbocycles. The van der Waals surface area contributed by atoms with Crippen molar-refractivity contribution in [3.63, 3.8) is 0 Å². The molecule has 1 aromatic heterocycles. The number of rotatable bonds is 4. The molecule has 0 radical (unpaired) electrons. The largest absolute Gasteiger partial charge is 0.465 e. The molecule has 0 spiro atoms. The summed E-state index contributed by atoms with van der Waals surface area (Å²) in [6, 6.07) is 5.26. The van der Waals surface area contributed by atoms with E-state index in [-0.39, 0.29) is 6.54 Å². The lowest BCUT2D eigenvalue weighted by Crippen LogP contribution is -2.08. The van der Waals surface area contributed by atoms with Crippen molar-refractivity contribution in [2.45, 2.75) is 19.9 Å². The summed E-state index contributed by atoms with van der Waals surface area (Å²) in [6.45, 7) is 2.15. The smallest absolute Gasteiger partial charge is 0.340 e. The second-order valence-electron chi connectivity index (χ2n) is 3.82. The van der Waals surface area contributed by atoms with Crippen LogP contribution in [-0.2, 0) is 22.5 Å². The molecular formula is C13H14N2O3. The van der Waals surface area contributed by atoms with Crippen molar-refractivity contribution in [3.05, 3.63) is 29.6 Å². The van der Waals surface area contributed by atoms with E-state index in [1.165, 1.54) is 7.11 Å². The van der Waals surface area contributed by atoms with Gasteiger partial charge in [0.05, 0.1) is 30.3 Å². The van der Waals surface area contributed by atoms with Crippen molar-refractivity contribution in [2.75, 3.05) is 7.11 Å². The minimum atomic E-state index is -0.421. The molecule has 5 nitrogen and oxygen atoms in total. The molecule has 0 saturated heterocycles. The number of ether oxygens (including phenoxy) is 1. The molecule has 2 aromatic rings. The van der Waals surface area contributed by atoms with Crippen molar-refractivity contribution < 1.29 is 14.3 Å². The number of benzene rings is 1. The molecule has 0 unspecified atom stereocenters. The van der Waals surface area contributed by atoms with E-state index in [0.29, 0.717) is 23.0 Å². The highest BCUT2D eigenvalue weighted by Gasteiger charge is 2.17. The van der Waals surface area contributed by atoms with Crippen molar-refractivity contribution in [1.29, 1.82) is 0 Å². The molecule has 18 heavy (non-hydrogen) atoms. The summed E-state index contributed by atoms with van der Waals surface area (Å²) >= 11 is 0. The Labute approximate surface area is 104 Å². The summed E-state index contributed by atoms with van der Waals surface area (Å²) in [7, 11) is 1.34. The Morgan fingerprint density at radius 1 is 1.50 bits per heavy atom. The fourth-order valence-electron chi connectivity index (χ4n) is 2.05. The van der Waals surface area contributed by atoms with Gasteiger partial charge in [0, 0.05) is 6.42 Å². The molecule has 0 saturated carbocycles. The second kappa shape index (κ2) is 5.00. The third kappa shape index (κ3) is 1.88. The molecule has 1 heterocycles. The number of aryl methyl sites for hydroxylation is 1. The Balaban J connectivity index is 2.76. The lowest BCUT2D eigenvalue weighted by molar-refractivity contribution is -0.108.